The zero-order valence-corrected chi connectivity index (χ0v) is 6.61. The van der Waals surface area contributed by atoms with E-state index >= 15 is 0 Å². The van der Waals surface area contributed by atoms with Crippen LogP contribution in [-0.4, -0.2) is 15.0 Å². The molecule has 0 saturated heterocycles. The largest absolute Gasteiger partial charge is 0.252 e. The normalized spacial score (nSPS) is 9.92. The molecule has 0 amide bonds. The van der Waals surface area contributed by atoms with Gasteiger partial charge in [-0.1, -0.05) is 6.07 Å². The highest BCUT2D eigenvalue weighted by atomic mass is 19.1. The quantitative estimate of drug-likeness (QED) is 0.657. The van der Waals surface area contributed by atoms with E-state index < -0.39 is 5.82 Å². The molecule has 1 radical (unpaired) electrons. The van der Waals surface area contributed by atoms with Crippen molar-refractivity contribution >= 4 is 0 Å². The molecule has 2 heterocycles. The average molecular weight is 174 g/mol. The van der Waals surface area contributed by atoms with Crippen molar-refractivity contribution in [2.24, 2.45) is 0 Å². The number of pyridine rings is 1. The van der Waals surface area contributed by atoms with Crippen molar-refractivity contribution in [3.8, 4) is 11.5 Å². The second-order valence-electron chi connectivity index (χ2n) is 2.37. The van der Waals surface area contributed by atoms with Crippen molar-refractivity contribution in [1.82, 2.24) is 15.0 Å². The van der Waals surface area contributed by atoms with Crippen LogP contribution in [-0.2, 0) is 0 Å². The fourth-order valence-corrected chi connectivity index (χ4v) is 0.897. The van der Waals surface area contributed by atoms with Gasteiger partial charge in [-0.25, -0.2) is 14.4 Å². The molecule has 2 aromatic rings. The van der Waals surface area contributed by atoms with Gasteiger partial charge in [-0.2, -0.15) is 0 Å². The minimum atomic E-state index is -0.453. The van der Waals surface area contributed by atoms with Gasteiger partial charge in [0.15, 0.2) is 11.6 Å². The van der Waals surface area contributed by atoms with Gasteiger partial charge in [-0.15, -0.1) is 0 Å². The van der Waals surface area contributed by atoms with Gasteiger partial charge in [0.05, 0.1) is 12.4 Å². The number of halogens is 1. The Kier molecular flexibility index (Phi) is 1.96. The Morgan fingerprint density at radius 1 is 1.15 bits per heavy atom. The summed E-state index contributed by atoms with van der Waals surface area (Å²) >= 11 is 0. The molecular weight excluding hydrogens is 169 g/mol. The molecule has 0 aliphatic rings. The second-order valence-corrected chi connectivity index (χ2v) is 2.37. The van der Waals surface area contributed by atoms with Crippen LogP contribution in [0.25, 0.3) is 11.5 Å². The van der Waals surface area contributed by atoms with Crippen molar-refractivity contribution in [3.63, 3.8) is 0 Å². The zero-order valence-electron chi connectivity index (χ0n) is 6.61. The van der Waals surface area contributed by atoms with Crippen LogP contribution in [0.4, 0.5) is 4.39 Å². The van der Waals surface area contributed by atoms with E-state index in [9.17, 15) is 4.39 Å². The van der Waals surface area contributed by atoms with E-state index in [0.29, 0.717) is 11.5 Å². The molecule has 0 aliphatic heterocycles. The molecule has 2 rings (SSSR count). The van der Waals surface area contributed by atoms with Crippen LogP contribution in [0.5, 0.6) is 0 Å². The molecule has 0 aromatic carbocycles. The van der Waals surface area contributed by atoms with Gasteiger partial charge in [0.2, 0.25) is 0 Å². The molecule has 0 bridgehead atoms. The summed E-state index contributed by atoms with van der Waals surface area (Å²) in [5, 5.41) is 0. The lowest BCUT2D eigenvalue weighted by atomic mass is 10.3. The zero-order chi connectivity index (χ0) is 9.10. The van der Waals surface area contributed by atoms with Crippen LogP contribution in [0.2, 0.25) is 0 Å². The third-order valence-corrected chi connectivity index (χ3v) is 1.47. The summed E-state index contributed by atoms with van der Waals surface area (Å²) in [5.41, 5.74) is 0.610. The lowest BCUT2D eigenvalue weighted by Crippen LogP contribution is -1.91. The monoisotopic (exact) mass is 174 g/mol. The van der Waals surface area contributed by atoms with Crippen LogP contribution in [0.1, 0.15) is 0 Å². The van der Waals surface area contributed by atoms with Crippen molar-refractivity contribution in [2.45, 2.75) is 0 Å². The first-order chi connectivity index (χ1) is 6.36. The van der Waals surface area contributed by atoms with E-state index in [1.165, 1.54) is 6.20 Å². The lowest BCUT2D eigenvalue weighted by Gasteiger charge is -1.96. The summed E-state index contributed by atoms with van der Waals surface area (Å²) in [4.78, 5) is 11.5. The molecule has 13 heavy (non-hydrogen) atoms. The number of aromatic nitrogens is 3. The van der Waals surface area contributed by atoms with Gasteiger partial charge < -0.3 is 0 Å². The Balaban J connectivity index is 2.42. The maximum atomic E-state index is 12.5. The van der Waals surface area contributed by atoms with Crippen molar-refractivity contribution in [2.75, 3.05) is 0 Å². The highest BCUT2D eigenvalue weighted by molar-refractivity contribution is 5.47. The number of rotatable bonds is 1. The Morgan fingerprint density at radius 2 is 1.92 bits per heavy atom. The predicted molar refractivity (Wildman–Crippen MR) is 44.1 cm³/mol. The van der Waals surface area contributed by atoms with Crippen LogP contribution in [0.15, 0.2) is 30.7 Å². The van der Waals surface area contributed by atoms with Crippen LogP contribution in [0, 0.1) is 11.9 Å². The highest BCUT2D eigenvalue weighted by Crippen LogP contribution is 2.08. The first-order valence-electron chi connectivity index (χ1n) is 3.66. The summed E-state index contributed by atoms with van der Waals surface area (Å²) < 4.78 is 12.5. The van der Waals surface area contributed by atoms with Crippen molar-refractivity contribution in [1.29, 1.82) is 0 Å². The van der Waals surface area contributed by atoms with E-state index in [0.717, 1.165) is 12.4 Å². The third-order valence-electron chi connectivity index (χ3n) is 1.47. The summed E-state index contributed by atoms with van der Waals surface area (Å²) in [7, 11) is 0. The smallest absolute Gasteiger partial charge is 0.178 e. The first kappa shape index (κ1) is 7.79. The van der Waals surface area contributed by atoms with Gasteiger partial charge in [-0.05, 0) is 6.07 Å². The van der Waals surface area contributed by atoms with Crippen LogP contribution < -0.4 is 0 Å². The highest BCUT2D eigenvalue weighted by Gasteiger charge is 2.00. The van der Waals surface area contributed by atoms with Crippen LogP contribution in [0.3, 0.4) is 0 Å². The van der Waals surface area contributed by atoms with E-state index in [4.69, 9.17) is 0 Å². The third kappa shape index (κ3) is 1.66. The van der Waals surface area contributed by atoms with Crippen LogP contribution >= 0.6 is 0 Å². The van der Waals surface area contributed by atoms with Gasteiger partial charge in [-0.3, -0.25) is 4.98 Å². The van der Waals surface area contributed by atoms with Gasteiger partial charge >= 0.3 is 0 Å². The molecule has 0 saturated carbocycles. The van der Waals surface area contributed by atoms with Gasteiger partial charge in [0, 0.05) is 12.3 Å². The SMILES string of the molecule is Fc1cnc(-c2cc[c]cn2)nc1. The second kappa shape index (κ2) is 3.26. The Morgan fingerprint density at radius 3 is 2.54 bits per heavy atom. The molecular formula is C9H5FN3. The Hall–Kier alpha value is -1.84. The fraction of sp³-hybridized carbons (Fsp3) is 0. The molecule has 4 heteroatoms. The Bertz CT molecular complexity index is 385. The topological polar surface area (TPSA) is 38.7 Å². The molecule has 3 nitrogen and oxygen atoms in total. The molecule has 0 N–H and O–H groups in total. The predicted octanol–water partition coefficient (Wildman–Crippen LogP) is 1.48. The molecule has 0 aliphatic carbocycles. The van der Waals surface area contributed by atoms with E-state index in [-0.39, 0.29) is 0 Å². The number of nitrogens with zero attached hydrogens (tertiary/aromatic N) is 3. The molecule has 2 aromatic heterocycles. The maximum Gasteiger partial charge on any atom is 0.178 e. The van der Waals surface area contributed by atoms with Gasteiger partial charge in [0.25, 0.3) is 0 Å². The summed E-state index contributed by atoms with van der Waals surface area (Å²) in [6, 6.07) is 6.19. The minimum Gasteiger partial charge on any atom is -0.252 e. The maximum absolute atomic E-state index is 12.5. The van der Waals surface area contributed by atoms with E-state index in [1.54, 1.807) is 12.1 Å². The molecule has 63 valence electrons. The average Bonchev–Trinajstić information content (AvgIpc) is 2.20. The molecule has 0 fully saturated rings. The number of hydrogen-bond acceptors (Lipinski definition) is 3. The van der Waals surface area contributed by atoms with Crippen molar-refractivity contribution < 1.29 is 4.39 Å². The minimum absolute atomic E-state index is 0.412. The van der Waals surface area contributed by atoms with E-state index in [1.807, 2.05) is 0 Å². The number of hydrogen-bond donors (Lipinski definition) is 0. The van der Waals surface area contributed by atoms with E-state index in [2.05, 4.69) is 21.0 Å². The summed E-state index contributed by atoms with van der Waals surface area (Å²) in [5.74, 6) is -0.0401. The van der Waals surface area contributed by atoms with Gasteiger partial charge in [0.1, 0.15) is 5.69 Å². The van der Waals surface area contributed by atoms with Crippen molar-refractivity contribution in [3.05, 3.63) is 42.6 Å². The molecule has 0 unspecified atom stereocenters. The summed E-state index contributed by atoms with van der Waals surface area (Å²) in [6.07, 6.45) is 3.74. The standard InChI is InChI=1S/C9H5FN3/c10-7-5-12-9(13-6-7)8-3-1-2-4-11-8/h1,3-6H. The fourth-order valence-electron chi connectivity index (χ4n) is 0.897. The molecule has 0 atom stereocenters. The first-order valence-corrected chi connectivity index (χ1v) is 3.66. The molecule has 0 spiro atoms. The Labute approximate surface area is 74.3 Å². The lowest BCUT2D eigenvalue weighted by molar-refractivity contribution is 0.614. The summed E-state index contributed by atoms with van der Waals surface area (Å²) in [6.45, 7) is 0.